The molecular weight excluding hydrogens is 420 g/mol. The third kappa shape index (κ3) is 5.47. The van der Waals surface area contributed by atoms with Crippen LogP contribution in [0.25, 0.3) is 0 Å². The number of hydrogen-bond acceptors (Lipinski definition) is 7. The van der Waals surface area contributed by atoms with Crippen molar-refractivity contribution in [1.29, 1.82) is 5.26 Å². The molecule has 1 unspecified atom stereocenters. The zero-order valence-electron chi connectivity index (χ0n) is 19.1. The summed E-state index contributed by atoms with van der Waals surface area (Å²) < 4.78 is 22.4. The van der Waals surface area contributed by atoms with E-state index in [1.807, 2.05) is 37.3 Å². The van der Waals surface area contributed by atoms with Gasteiger partial charge in [0.15, 0.2) is 11.5 Å². The van der Waals surface area contributed by atoms with Gasteiger partial charge in [-0.25, -0.2) is 4.79 Å². The highest BCUT2D eigenvalue weighted by Crippen LogP contribution is 2.42. The maximum Gasteiger partial charge on any atom is 0.338 e. The van der Waals surface area contributed by atoms with Crippen molar-refractivity contribution in [3.63, 3.8) is 0 Å². The third-order valence-corrected chi connectivity index (χ3v) is 5.31. The summed E-state index contributed by atoms with van der Waals surface area (Å²) in [5.74, 6) is 0.00686. The molecule has 0 saturated carbocycles. The Morgan fingerprint density at radius 3 is 2.61 bits per heavy atom. The quantitative estimate of drug-likeness (QED) is 0.438. The van der Waals surface area contributed by atoms with Crippen molar-refractivity contribution < 1.29 is 23.7 Å². The van der Waals surface area contributed by atoms with Crippen LogP contribution in [-0.2, 0) is 20.9 Å². The third-order valence-electron chi connectivity index (χ3n) is 5.31. The van der Waals surface area contributed by atoms with Crippen LogP contribution in [0.3, 0.4) is 0 Å². The summed E-state index contributed by atoms with van der Waals surface area (Å²) in [5.41, 5.74) is 8.04. The molecule has 7 heteroatoms. The number of carbonyl (C=O) groups excluding carboxylic acids is 1. The molecule has 1 atom stereocenters. The molecule has 1 aliphatic rings. The molecular formula is C26H28N2O5. The largest absolute Gasteiger partial charge is 0.493 e. The molecule has 172 valence electrons. The number of unbranched alkanes of at least 4 members (excludes halogenated alkanes) is 1. The van der Waals surface area contributed by atoms with Crippen molar-refractivity contribution in [3.8, 4) is 17.6 Å². The second kappa shape index (κ2) is 11.1. The minimum atomic E-state index is -0.747. The number of rotatable bonds is 9. The highest BCUT2D eigenvalue weighted by atomic mass is 16.5. The SMILES string of the molecule is CCCCOC(=O)C1=C(C)OC(N)=C(C#N)C1c1ccc(OC)c(OCc2ccccc2)c1. The Balaban J connectivity index is 1.99. The highest BCUT2D eigenvalue weighted by Gasteiger charge is 2.36. The van der Waals surface area contributed by atoms with Gasteiger partial charge in [-0.1, -0.05) is 49.7 Å². The topological polar surface area (TPSA) is 104 Å². The van der Waals surface area contributed by atoms with Gasteiger partial charge in [0, 0.05) is 0 Å². The fraction of sp³-hybridized carbons (Fsp3) is 0.308. The molecule has 2 N–H and O–H groups in total. The lowest BCUT2D eigenvalue weighted by Crippen LogP contribution is -2.25. The smallest absolute Gasteiger partial charge is 0.338 e. The first-order chi connectivity index (χ1) is 16.0. The van der Waals surface area contributed by atoms with E-state index in [1.54, 1.807) is 32.2 Å². The lowest BCUT2D eigenvalue weighted by atomic mass is 9.83. The van der Waals surface area contributed by atoms with E-state index in [2.05, 4.69) is 6.07 Å². The van der Waals surface area contributed by atoms with Gasteiger partial charge in [-0.2, -0.15) is 5.26 Å². The van der Waals surface area contributed by atoms with E-state index in [0.717, 1.165) is 18.4 Å². The fourth-order valence-electron chi connectivity index (χ4n) is 3.59. The lowest BCUT2D eigenvalue weighted by molar-refractivity contribution is -0.139. The molecule has 0 radical (unpaired) electrons. The maximum atomic E-state index is 13.0. The molecule has 0 bridgehead atoms. The van der Waals surface area contributed by atoms with Crippen molar-refractivity contribution in [2.45, 2.75) is 39.2 Å². The zero-order chi connectivity index (χ0) is 23.8. The Hall–Kier alpha value is -3.92. The van der Waals surface area contributed by atoms with E-state index in [9.17, 15) is 10.1 Å². The van der Waals surface area contributed by atoms with Crippen molar-refractivity contribution in [2.75, 3.05) is 13.7 Å². The number of esters is 1. The standard InChI is InChI=1S/C26H28N2O5/c1-4-5-13-31-26(29)23-17(2)33-25(28)20(15-27)24(23)19-11-12-21(30-3)22(14-19)32-16-18-9-7-6-8-10-18/h6-12,14,24H,4-5,13,16,28H2,1-3H3. The Labute approximate surface area is 194 Å². The molecule has 2 aromatic rings. The van der Waals surface area contributed by atoms with Crippen molar-refractivity contribution in [2.24, 2.45) is 5.73 Å². The molecule has 7 nitrogen and oxygen atoms in total. The monoisotopic (exact) mass is 448 g/mol. The average molecular weight is 449 g/mol. The van der Waals surface area contributed by atoms with E-state index in [4.69, 9.17) is 24.7 Å². The Bertz CT molecular complexity index is 1100. The fourth-order valence-corrected chi connectivity index (χ4v) is 3.59. The van der Waals surface area contributed by atoms with Crippen molar-refractivity contribution in [1.82, 2.24) is 0 Å². The van der Waals surface area contributed by atoms with Gasteiger partial charge < -0.3 is 24.7 Å². The predicted octanol–water partition coefficient (Wildman–Crippen LogP) is 4.70. The van der Waals surface area contributed by atoms with Gasteiger partial charge >= 0.3 is 5.97 Å². The zero-order valence-corrected chi connectivity index (χ0v) is 19.1. The van der Waals surface area contributed by atoms with Gasteiger partial charge in [-0.3, -0.25) is 0 Å². The molecule has 2 aromatic carbocycles. The van der Waals surface area contributed by atoms with Gasteiger partial charge in [0.05, 0.1) is 25.2 Å². The molecule has 0 saturated heterocycles. The Morgan fingerprint density at radius 1 is 1.18 bits per heavy atom. The molecule has 33 heavy (non-hydrogen) atoms. The molecule has 0 amide bonds. The summed E-state index contributed by atoms with van der Waals surface area (Å²) >= 11 is 0. The number of benzene rings is 2. The molecule has 0 spiro atoms. The molecule has 0 aliphatic carbocycles. The maximum absolute atomic E-state index is 13.0. The minimum absolute atomic E-state index is 0.0346. The van der Waals surface area contributed by atoms with Gasteiger partial charge in [0.25, 0.3) is 0 Å². The number of nitriles is 1. The van der Waals surface area contributed by atoms with Crippen LogP contribution in [-0.4, -0.2) is 19.7 Å². The van der Waals surface area contributed by atoms with E-state index in [-0.39, 0.29) is 23.6 Å². The molecule has 0 fully saturated rings. The lowest BCUT2D eigenvalue weighted by Gasteiger charge is -2.27. The summed E-state index contributed by atoms with van der Waals surface area (Å²) in [6.07, 6.45) is 1.63. The second-order valence-electron chi connectivity index (χ2n) is 7.57. The molecule has 1 heterocycles. The number of methoxy groups -OCH3 is 1. The van der Waals surface area contributed by atoms with Crippen LogP contribution in [0.1, 0.15) is 43.7 Å². The first kappa shape index (κ1) is 23.7. The summed E-state index contributed by atoms with van der Waals surface area (Å²) in [6.45, 7) is 4.27. The van der Waals surface area contributed by atoms with Crippen LogP contribution in [0.4, 0.5) is 0 Å². The van der Waals surface area contributed by atoms with Gasteiger partial charge in [0.2, 0.25) is 5.88 Å². The minimum Gasteiger partial charge on any atom is -0.493 e. The van der Waals surface area contributed by atoms with Crippen LogP contribution < -0.4 is 15.2 Å². The van der Waals surface area contributed by atoms with Crippen molar-refractivity contribution >= 4 is 5.97 Å². The Kier molecular flexibility index (Phi) is 7.98. The van der Waals surface area contributed by atoms with E-state index >= 15 is 0 Å². The predicted molar refractivity (Wildman–Crippen MR) is 123 cm³/mol. The summed E-state index contributed by atoms with van der Waals surface area (Å²) in [6, 6.07) is 17.1. The number of nitrogens with zero attached hydrogens (tertiary/aromatic N) is 1. The van der Waals surface area contributed by atoms with Crippen LogP contribution in [0.15, 0.2) is 71.3 Å². The number of hydrogen-bond donors (Lipinski definition) is 1. The van der Waals surface area contributed by atoms with Crippen LogP contribution >= 0.6 is 0 Å². The van der Waals surface area contributed by atoms with Gasteiger partial charge in [-0.05, 0) is 36.6 Å². The number of ether oxygens (including phenoxy) is 4. The average Bonchev–Trinajstić information content (AvgIpc) is 2.82. The molecule has 0 aromatic heterocycles. The second-order valence-corrected chi connectivity index (χ2v) is 7.57. The normalized spacial score (nSPS) is 15.5. The Morgan fingerprint density at radius 2 is 1.94 bits per heavy atom. The first-order valence-corrected chi connectivity index (χ1v) is 10.8. The van der Waals surface area contributed by atoms with Crippen molar-refractivity contribution in [3.05, 3.63) is 82.4 Å². The van der Waals surface area contributed by atoms with E-state index < -0.39 is 11.9 Å². The van der Waals surface area contributed by atoms with Crippen LogP contribution in [0.5, 0.6) is 11.5 Å². The highest BCUT2D eigenvalue weighted by molar-refractivity contribution is 5.92. The van der Waals surface area contributed by atoms with Gasteiger partial charge in [0.1, 0.15) is 24.0 Å². The van der Waals surface area contributed by atoms with Crippen LogP contribution in [0, 0.1) is 11.3 Å². The summed E-state index contributed by atoms with van der Waals surface area (Å²) in [7, 11) is 1.55. The summed E-state index contributed by atoms with van der Waals surface area (Å²) in [5, 5.41) is 9.82. The van der Waals surface area contributed by atoms with E-state index in [1.165, 1.54) is 0 Å². The van der Waals surface area contributed by atoms with E-state index in [0.29, 0.717) is 29.4 Å². The molecule has 3 rings (SSSR count). The molecule has 1 aliphatic heterocycles. The number of allylic oxidation sites excluding steroid dienone is 2. The van der Waals surface area contributed by atoms with Gasteiger partial charge in [-0.15, -0.1) is 0 Å². The van der Waals surface area contributed by atoms with Crippen LogP contribution in [0.2, 0.25) is 0 Å². The number of carbonyl (C=O) groups is 1. The summed E-state index contributed by atoms with van der Waals surface area (Å²) in [4.78, 5) is 13.0. The number of nitrogens with two attached hydrogens (primary N) is 1. The first-order valence-electron chi connectivity index (χ1n) is 10.8.